The van der Waals surface area contributed by atoms with Gasteiger partial charge in [-0.1, -0.05) is 48.5 Å². The highest BCUT2D eigenvalue weighted by Crippen LogP contribution is 2.19. The molecule has 2 N–H and O–H groups in total. The Hall–Kier alpha value is -2.17. The number of aliphatic hydroxyl groups is 1. The second-order valence-corrected chi connectivity index (χ2v) is 5.33. The Labute approximate surface area is 131 Å². The normalized spacial score (nSPS) is 10.7. The summed E-state index contributed by atoms with van der Waals surface area (Å²) in [5.41, 5.74) is 3.14. The second-order valence-electron chi connectivity index (χ2n) is 5.33. The number of carbonyl (C=O) groups is 1. The third-order valence-corrected chi connectivity index (χ3v) is 3.42. The van der Waals surface area contributed by atoms with E-state index in [1.165, 1.54) is 5.56 Å². The van der Waals surface area contributed by atoms with Crippen molar-refractivity contribution in [2.45, 2.75) is 6.42 Å². The van der Waals surface area contributed by atoms with Crippen LogP contribution >= 0.6 is 0 Å². The molecule has 4 nitrogen and oxygen atoms in total. The van der Waals surface area contributed by atoms with Gasteiger partial charge in [-0.15, -0.1) is 0 Å². The SMILES string of the molecule is CN(CCO)CC(=O)Nc1ccccc1Cc1ccccc1. The summed E-state index contributed by atoms with van der Waals surface area (Å²) in [7, 11) is 1.81. The van der Waals surface area contributed by atoms with Gasteiger partial charge < -0.3 is 10.4 Å². The molecule has 0 aliphatic heterocycles. The maximum absolute atomic E-state index is 12.1. The van der Waals surface area contributed by atoms with E-state index in [1.807, 2.05) is 49.5 Å². The van der Waals surface area contributed by atoms with Crippen molar-refractivity contribution in [1.82, 2.24) is 4.90 Å². The lowest BCUT2D eigenvalue weighted by Gasteiger charge is -2.16. The summed E-state index contributed by atoms with van der Waals surface area (Å²) in [5, 5.41) is 11.8. The molecule has 2 aromatic rings. The van der Waals surface area contributed by atoms with Gasteiger partial charge in [-0.2, -0.15) is 0 Å². The Morgan fingerprint density at radius 3 is 2.50 bits per heavy atom. The molecule has 0 saturated carbocycles. The highest BCUT2D eigenvalue weighted by Gasteiger charge is 2.09. The monoisotopic (exact) mass is 298 g/mol. The first-order valence-corrected chi connectivity index (χ1v) is 7.40. The number of nitrogens with zero attached hydrogens (tertiary/aromatic N) is 1. The van der Waals surface area contributed by atoms with Crippen LogP contribution in [0.15, 0.2) is 54.6 Å². The molecule has 0 heterocycles. The number of nitrogens with one attached hydrogen (secondary N) is 1. The first-order chi connectivity index (χ1) is 10.7. The van der Waals surface area contributed by atoms with Crippen LogP contribution in [0.3, 0.4) is 0 Å². The van der Waals surface area contributed by atoms with Gasteiger partial charge in [-0.3, -0.25) is 9.69 Å². The number of para-hydroxylation sites is 1. The van der Waals surface area contributed by atoms with Gasteiger partial charge in [0.2, 0.25) is 5.91 Å². The van der Waals surface area contributed by atoms with Crippen molar-refractivity contribution in [3.63, 3.8) is 0 Å². The Bertz CT molecular complexity index is 599. The molecule has 2 aromatic carbocycles. The van der Waals surface area contributed by atoms with E-state index >= 15 is 0 Å². The zero-order chi connectivity index (χ0) is 15.8. The third kappa shape index (κ3) is 4.98. The van der Waals surface area contributed by atoms with Gasteiger partial charge in [0.1, 0.15) is 0 Å². The van der Waals surface area contributed by atoms with Crippen molar-refractivity contribution < 1.29 is 9.90 Å². The average molecular weight is 298 g/mol. The summed E-state index contributed by atoms with van der Waals surface area (Å²) in [6.07, 6.45) is 0.782. The molecule has 0 fully saturated rings. The van der Waals surface area contributed by atoms with Crippen LogP contribution < -0.4 is 5.32 Å². The van der Waals surface area contributed by atoms with Crippen molar-refractivity contribution in [2.75, 3.05) is 32.1 Å². The van der Waals surface area contributed by atoms with E-state index in [1.54, 1.807) is 4.90 Å². The fourth-order valence-electron chi connectivity index (χ4n) is 2.30. The van der Waals surface area contributed by atoms with Crippen LogP contribution in [0, 0.1) is 0 Å². The number of hydrogen-bond acceptors (Lipinski definition) is 3. The fourth-order valence-corrected chi connectivity index (χ4v) is 2.30. The number of likely N-dealkylation sites (N-methyl/N-ethyl adjacent to an activating group) is 1. The zero-order valence-corrected chi connectivity index (χ0v) is 12.8. The first kappa shape index (κ1) is 16.2. The van der Waals surface area contributed by atoms with Crippen LogP contribution in [0.1, 0.15) is 11.1 Å². The number of amides is 1. The Morgan fingerprint density at radius 2 is 1.77 bits per heavy atom. The molecule has 0 aromatic heterocycles. The van der Waals surface area contributed by atoms with Gasteiger partial charge >= 0.3 is 0 Å². The van der Waals surface area contributed by atoms with E-state index in [4.69, 9.17) is 5.11 Å². The van der Waals surface area contributed by atoms with Crippen molar-refractivity contribution in [2.24, 2.45) is 0 Å². The van der Waals surface area contributed by atoms with Crippen LogP contribution in [0.2, 0.25) is 0 Å². The summed E-state index contributed by atoms with van der Waals surface area (Å²) >= 11 is 0. The van der Waals surface area contributed by atoms with Crippen molar-refractivity contribution in [1.29, 1.82) is 0 Å². The molecular formula is C18H22N2O2. The summed E-state index contributed by atoms with van der Waals surface area (Å²) in [6.45, 7) is 0.799. The van der Waals surface area contributed by atoms with E-state index in [-0.39, 0.29) is 19.1 Å². The third-order valence-electron chi connectivity index (χ3n) is 3.42. The highest BCUT2D eigenvalue weighted by molar-refractivity contribution is 5.93. The molecule has 4 heteroatoms. The molecule has 0 atom stereocenters. The summed E-state index contributed by atoms with van der Waals surface area (Å²) in [5.74, 6) is -0.0727. The second kappa shape index (κ2) is 8.32. The Kier molecular flexibility index (Phi) is 6.13. The standard InChI is InChI=1S/C18H22N2O2/c1-20(11-12-21)14-18(22)19-17-10-6-5-9-16(17)13-15-7-3-2-4-8-15/h2-10,21H,11-14H2,1H3,(H,19,22). The van der Waals surface area contributed by atoms with Crippen LogP contribution in [-0.4, -0.2) is 42.7 Å². The number of aliphatic hydroxyl groups excluding tert-OH is 1. The quantitative estimate of drug-likeness (QED) is 0.823. The summed E-state index contributed by atoms with van der Waals surface area (Å²) in [4.78, 5) is 13.9. The number of carbonyl (C=O) groups excluding carboxylic acids is 1. The van der Waals surface area contributed by atoms with Gasteiger partial charge in [0.05, 0.1) is 13.2 Å². The zero-order valence-electron chi connectivity index (χ0n) is 12.8. The lowest BCUT2D eigenvalue weighted by molar-refractivity contribution is -0.117. The molecule has 0 aliphatic rings. The van der Waals surface area contributed by atoms with Crippen molar-refractivity contribution >= 4 is 11.6 Å². The predicted octanol–water partition coefficient (Wildman–Crippen LogP) is 2.14. The van der Waals surface area contributed by atoms with Gasteiger partial charge in [-0.25, -0.2) is 0 Å². The molecule has 22 heavy (non-hydrogen) atoms. The summed E-state index contributed by atoms with van der Waals surface area (Å²) < 4.78 is 0. The van der Waals surface area contributed by atoms with E-state index < -0.39 is 0 Å². The minimum atomic E-state index is -0.0727. The van der Waals surface area contributed by atoms with Gasteiger partial charge in [0.25, 0.3) is 0 Å². The van der Waals surface area contributed by atoms with Crippen molar-refractivity contribution in [3.05, 3.63) is 65.7 Å². The van der Waals surface area contributed by atoms with Crippen LogP contribution in [-0.2, 0) is 11.2 Å². The van der Waals surface area contributed by atoms with E-state index in [0.717, 1.165) is 17.7 Å². The number of anilines is 1. The molecule has 0 unspecified atom stereocenters. The minimum Gasteiger partial charge on any atom is -0.395 e. The first-order valence-electron chi connectivity index (χ1n) is 7.40. The van der Waals surface area contributed by atoms with Crippen molar-refractivity contribution in [3.8, 4) is 0 Å². The minimum absolute atomic E-state index is 0.0500. The smallest absolute Gasteiger partial charge is 0.238 e. The molecule has 0 aliphatic carbocycles. The van der Waals surface area contributed by atoms with Crippen LogP contribution in [0.5, 0.6) is 0 Å². The molecule has 0 radical (unpaired) electrons. The predicted molar refractivity (Wildman–Crippen MR) is 88.9 cm³/mol. The van der Waals surface area contributed by atoms with E-state index in [2.05, 4.69) is 17.4 Å². The van der Waals surface area contributed by atoms with Gasteiger partial charge in [0.15, 0.2) is 0 Å². The number of hydrogen-bond donors (Lipinski definition) is 2. The lowest BCUT2D eigenvalue weighted by Crippen LogP contribution is -2.32. The maximum atomic E-state index is 12.1. The molecule has 0 spiro atoms. The van der Waals surface area contributed by atoms with E-state index in [9.17, 15) is 4.79 Å². The van der Waals surface area contributed by atoms with Gasteiger partial charge in [0, 0.05) is 12.2 Å². The molecule has 0 bridgehead atoms. The van der Waals surface area contributed by atoms with Crippen LogP contribution in [0.25, 0.3) is 0 Å². The fraction of sp³-hybridized carbons (Fsp3) is 0.278. The van der Waals surface area contributed by atoms with Gasteiger partial charge in [-0.05, 0) is 30.7 Å². The number of benzene rings is 2. The average Bonchev–Trinajstić information content (AvgIpc) is 2.50. The lowest BCUT2D eigenvalue weighted by atomic mass is 10.0. The summed E-state index contributed by atoms with van der Waals surface area (Å²) in [6, 6.07) is 18.0. The Morgan fingerprint density at radius 1 is 1.09 bits per heavy atom. The largest absolute Gasteiger partial charge is 0.395 e. The van der Waals surface area contributed by atoms with E-state index in [0.29, 0.717) is 6.54 Å². The molecule has 0 saturated heterocycles. The number of rotatable bonds is 7. The molecule has 1 amide bonds. The maximum Gasteiger partial charge on any atom is 0.238 e. The molecular weight excluding hydrogens is 276 g/mol. The molecule has 116 valence electrons. The molecule has 2 rings (SSSR count). The topological polar surface area (TPSA) is 52.6 Å². The highest BCUT2D eigenvalue weighted by atomic mass is 16.3. The van der Waals surface area contributed by atoms with Crippen LogP contribution in [0.4, 0.5) is 5.69 Å². The Balaban J connectivity index is 2.03.